The van der Waals surface area contributed by atoms with Crippen molar-refractivity contribution in [2.75, 3.05) is 12.4 Å². The molecule has 0 aliphatic carbocycles. The Morgan fingerprint density at radius 2 is 2.28 bits per heavy atom. The molecule has 2 rings (SSSR count). The van der Waals surface area contributed by atoms with Gasteiger partial charge in [-0.2, -0.15) is 0 Å². The summed E-state index contributed by atoms with van der Waals surface area (Å²) < 4.78 is 4.77. The van der Waals surface area contributed by atoms with Crippen molar-refractivity contribution < 1.29 is 24.2 Å². The first-order valence-electron chi connectivity index (χ1n) is 5.05. The van der Waals surface area contributed by atoms with Crippen LogP contribution in [0.2, 0.25) is 0 Å². The standard InChI is InChI=1S/C10H10N2O5S/c1-4(13)17-2-5-3-18-9-6(11)8(14)12(9)7(5)10(15)16/h9,11H,2-3H2,1H3,(H,15,16)/t9-/m1/s1. The molecule has 1 fully saturated rings. The van der Waals surface area contributed by atoms with Gasteiger partial charge in [0.25, 0.3) is 5.91 Å². The van der Waals surface area contributed by atoms with Gasteiger partial charge in [0.15, 0.2) is 0 Å². The van der Waals surface area contributed by atoms with Gasteiger partial charge < -0.3 is 9.84 Å². The van der Waals surface area contributed by atoms with Crippen molar-refractivity contribution in [2.45, 2.75) is 12.3 Å². The molecule has 18 heavy (non-hydrogen) atoms. The highest BCUT2D eigenvalue weighted by Gasteiger charge is 2.50. The maximum Gasteiger partial charge on any atom is 0.352 e. The zero-order chi connectivity index (χ0) is 13.4. The molecule has 0 aromatic carbocycles. The SMILES string of the molecule is CC(=O)OCC1=C(C(=O)O)N2C(=O)C(=N)[C@H]2SC1. The van der Waals surface area contributed by atoms with Gasteiger partial charge in [0.2, 0.25) is 0 Å². The van der Waals surface area contributed by atoms with Crippen LogP contribution in [-0.4, -0.2) is 51.3 Å². The van der Waals surface area contributed by atoms with Crippen molar-refractivity contribution in [3.8, 4) is 0 Å². The Morgan fingerprint density at radius 1 is 1.61 bits per heavy atom. The molecular formula is C10H10N2O5S. The number of carbonyl (C=O) groups is 3. The van der Waals surface area contributed by atoms with Crippen LogP contribution in [0.15, 0.2) is 11.3 Å². The molecule has 2 aliphatic heterocycles. The van der Waals surface area contributed by atoms with Crippen LogP contribution >= 0.6 is 11.8 Å². The van der Waals surface area contributed by atoms with Crippen LogP contribution in [0.1, 0.15) is 6.92 Å². The number of rotatable bonds is 3. The Morgan fingerprint density at radius 3 is 2.83 bits per heavy atom. The normalized spacial score (nSPS) is 22.5. The first kappa shape index (κ1) is 12.6. The van der Waals surface area contributed by atoms with E-state index in [0.29, 0.717) is 11.3 Å². The number of β-lactam (4-membered cyclic amide) rings is 1. The molecule has 1 atom stereocenters. The van der Waals surface area contributed by atoms with E-state index in [1.165, 1.54) is 18.7 Å². The first-order chi connectivity index (χ1) is 8.43. The van der Waals surface area contributed by atoms with Gasteiger partial charge in [-0.3, -0.25) is 19.9 Å². The summed E-state index contributed by atoms with van der Waals surface area (Å²) in [5.74, 6) is -2.04. The van der Waals surface area contributed by atoms with Gasteiger partial charge >= 0.3 is 11.9 Å². The molecule has 0 spiro atoms. The molecule has 8 heteroatoms. The lowest BCUT2D eigenvalue weighted by molar-refractivity contribution is -0.141. The average molecular weight is 270 g/mol. The third-order valence-corrected chi connectivity index (χ3v) is 3.85. The summed E-state index contributed by atoms with van der Waals surface area (Å²) in [6, 6.07) is 0. The number of nitrogens with one attached hydrogen (secondary N) is 1. The van der Waals surface area contributed by atoms with E-state index in [0.717, 1.165) is 4.90 Å². The van der Waals surface area contributed by atoms with Crippen molar-refractivity contribution in [3.63, 3.8) is 0 Å². The van der Waals surface area contributed by atoms with Crippen molar-refractivity contribution in [3.05, 3.63) is 11.3 Å². The minimum atomic E-state index is -1.25. The Bertz CT molecular complexity index is 498. The maximum atomic E-state index is 11.5. The average Bonchev–Trinajstić information content (AvgIpc) is 2.33. The summed E-state index contributed by atoms with van der Waals surface area (Å²) in [6.07, 6.45) is 0. The van der Waals surface area contributed by atoms with Gasteiger partial charge in [0, 0.05) is 18.2 Å². The second-order valence-corrected chi connectivity index (χ2v) is 4.86. The highest BCUT2D eigenvalue weighted by Crippen LogP contribution is 2.38. The Hall–Kier alpha value is -1.83. The number of hydrogen-bond donors (Lipinski definition) is 2. The molecule has 0 saturated carbocycles. The van der Waals surface area contributed by atoms with Crippen LogP contribution < -0.4 is 0 Å². The zero-order valence-corrected chi connectivity index (χ0v) is 10.2. The molecule has 1 amide bonds. The number of hydrogen-bond acceptors (Lipinski definition) is 6. The highest BCUT2D eigenvalue weighted by atomic mass is 32.2. The van der Waals surface area contributed by atoms with E-state index in [9.17, 15) is 14.4 Å². The monoisotopic (exact) mass is 270 g/mol. The van der Waals surface area contributed by atoms with Crippen LogP contribution in [-0.2, 0) is 19.1 Å². The zero-order valence-electron chi connectivity index (χ0n) is 9.43. The highest BCUT2D eigenvalue weighted by molar-refractivity contribution is 8.01. The molecule has 0 aromatic rings. The van der Waals surface area contributed by atoms with Crippen LogP contribution in [0.4, 0.5) is 0 Å². The Balaban J connectivity index is 2.29. The summed E-state index contributed by atoms with van der Waals surface area (Å²) in [7, 11) is 0. The molecule has 0 unspecified atom stereocenters. The number of fused-ring (bicyclic) bond motifs is 1. The topological polar surface area (TPSA) is 108 Å². The fourth-order valence-corrected chi connectivity index (χ4v) is 2.95. The number of ether oxygens (including phenoxy) is 1. The third-order valence-electron chi connectivity index (χ3n) is 2.57. The van der Waals surface area contributed by atoms with Crippen molar-refractivity contribution in [2.24, 2.45) is 0 Å². The van der Waals surface area contributed by atoms with Crippen molar-refractivity contribution in [1.29, 1.82) is 5.41 Å². The lowest BCUT2D eigenvalue weighted by Gasteiger charge is -2.43. The fourth-order valence-electron chi connectivity index (χ4n) is 1.75. The summed E-state index contributed by atoms with van der Waals surface area (Å²) in [5, 5.41) is 16.0. The van der Waals surface area contributed by atoms with E-state index < -0.39 is 23.2 Å². The largest absolute Gasteiger partial charge is 0.477 e. The molecule has 2 aliphatic rings. The Labute approximate surface area is 106 Å². The molecule has 96 valence electrons. The molecule has 0 radical (unpaired) electrons. The second kappa shape index (κ2) is 4.45. The summed E-state index contributed by atoms with van der Waals surface area (Å²) in [5.41, 5.74) is 0.117. The fraction of sp³-hybridized carbons (Fsp3) is 0.400. The molecule has 0 aromatic heterocycles. The lowest BCUT2D eigenvalue weighted by atomic mass is 10.1. The molecule has 7 nitrogen and oxygen atoms in total. The van der Waals surface area contributed by atoms with Gasteiger partial charge in [0.1, 0.15) is 23.4 Å². The number of thioether (sulfide) groups is 1. The van der Waals surface area contributed by atoms with Crippen LogP contribution in [0.3, 0.4) is 0 Å². The number of carbonyl (C=O) groups excluding carboxylic acids is 2. The quantitative estimate of drug-likeness (QED) is 0.544. The van der Waals surface area contributed by atoms with Crippen LogP contribution in [0, 0.1) is 5.41 Å². The third kappa shape index (κ3) is 1.88. The molecule has 2 N–H and O–H groups in total. The lowest BCUT2D eigenvalue weighted by Crippen LogP contribution is -2.62. The summed E-state index contributed by atoms with van der Waals surface area (Å²) >= 11 is 1.27. The van der Waals surface area contributed by atoms with E-state index in [4.69, 9.17) is 15.3 Å². The van der Waals surface area contributed by atoms with Gasteiger partial charge in [-0.25, -0.2) is 4.79 Å². The predicted octanol–water partition coefficient (Wildman–Crippen LogP) is -0.177. The molecule has 2 heterocycles. The van der Waals surface area contributed by atoms with Gasteiger partial charge in [-0.15, -0.1) is 11.8 Å². The van der Waals surface area contributed by atoms with Gasteiger partial charge in [0.05, 0.1) is 0 Å². The minimum Gasteiger partial charge on any atom is -0.477 e. The second-order valence-electron chi connectivity index (χ2n) is 3.79. The van der Waals surface area contributed by atoms with Gasteiger partial charge in [-0.05, 0) is 0 Å². The summed E-state index contributed by atoms with van der Waals surface area (Å²) in [6.45, 7) is 1.08. The molecular weight excluding hydrogens is 260 g/mol. The van der Waals surface area contributed by atoms with E-state index >= 15 is 0 Å². The van der Waals surface area contributed by atoms with Crippen molar-refractivity contribution in [1.82, 2.24) is 4.90 Å². The Kier molecular flexibility index (Phi) is 3.12. The minimum absolute atomic E-state index is 0.0923. The van der Waals surface area contributed by atoms with Crippen LogP contribution in [0.5, 0.6) is 0 Å². The van der Waals surface area contributed by atoms with Crippen LogP contribution in [0.25, 0.3) is 0 Å². The number of esters is 1. The summed E-state index contributed by atoms with van der Waals surface area (Å²) in [4.78, 5) is 34.4. The molecule has 1 saturated heterocycles. The number of carboxylic acid groups (broad SMARTS) is 1. The smallest absolute Gasteiger partial charge is 0.352 e. The molecule has 0 bridgehead atoms. The first-order valence-corrected chi connectivity index (χ1v) is 6.10. The van der Waals surface area contributed by atoms with E-state index in [1.54, 1.807) is 0 Å². The van der Waals surface area contributed by atoms with Crippen molar-refractivity contribution >= 4 is 35.3 Å². The van der Waals surface area contributed by atoms with Gasteiger partial charge in [-0.1, -0.05) is 0 Å². The number of aliphatic carboxylic acids is 1. The predicted molar refractivity (Wildman–Crippen MR) is 62.1 cm³/mol. The van der Waals surface area contributed by atoms with E-state index in [2.05, 4.69) is 0 Å². The van der Waals surface area contributed by atoms with E-state index in [-0.39, 0.29) is 18.0 Å². The number of amides is 1. The number of nitrogens with zero attached hydrogens (tertiary/aromatic N) is 1. The van der Waals surface area contributed by atoms with E-state index in [1.807, 2.05) is 0 Å². The maximum absolute atomic E-state index is 11.5. The number of carboxylic acids is 1.